The summed E-state index contributed by atoms with van der Waals surface area (Å²) in [5.74, 6) is 0. The van der Waals surface area contributed by atoms with Crippen molar-refractivity contribution in [2.75, 3.05) is 40.4 Å². The van der Waals surface area contributed by atoms with E-state index in [1.165, 1.54) is 25.7 Å². The van der Waals surface area contributed by atoms with Gasteiger partial charge in [0, 0.05) is 19.1 Å². The average molecular weight is 200 g/mol. The summed E-state index contributed by atoms with van der Waals surface area (Å²) in [6, 6.07) is 0.771. The number of nitrogens with one attached hydrogen (secondary N) is 1. The van der Waals surface area contributed by atoms with E-state index in [4.69, 9.17) is 4.74 Å². The molecule has 0 aromatic heterocycles. The predicted molar refractivity (Wildman–Crippen MR) is 59.6 cm³/mol. The van der Waals surface area contributed by atoms with Gasteiger partial charge in [0.15, 0.2) is 0 Å². The van der Waals surface area contributed by atoms with Crippen molar-refractivity contribution in [1.29, 1.82) is 0 Å². The van der Waals surface area contributed by atoms with Crippen LogP contribution in [0.3, 0.4) is 0 Å². The fourth-order valence-corrected chi connectivity index (χ4v) is 1.81. The largest absolute Gasteiger partial charge is 0.379 e. The summed E-state index contributed by atoms with van der Waals surface area (Å²) < 4.78 is 5.50. The molecule has 1 saturated carbocycles. The minimum Gasteiger partial charge on any atom is -0.379 e. The maximum atomic E-state index is 5.50. The van der Waals surface area contributed by atoms with Gasteiger partial charge in [0.25, 0.3) is 0 Å². The van der Waals surface area contributed by atoms with E-state index in [0.29, 0.717) is 0 Å². The van der Waals surface area contributed by atoms with Crippen molar-refractivity contribution in [2.45, 2.75) is 31.7 Å². The third kappa shape index (κ3) is 5.58. The number of hydrogen-bond donors (Lipinski definition) is 1. The predicted octanol–water partition coefficient (Wildman–Crippen LogP) is 1.10. The third-order valence-electron chi connectivity index (χ3n) is 2.72. The van der Waals surface area contributed by atoms with E-state index in [0.717, 1.165) is 32.3 Å². The number of hydrogen-bond acceptors (Lipinski definition) is 3. The Balaban J connectivity index is 1.79. The standard InChI is InChI=1S/C11H24N2O/c1-13(2)8-10-14-9-7-12-11-5-3-4-6-11/h11-12H,3-10H2,1-2H3. The fraction of sp³-hybridized carbons (Fsp3) is 1.00. The van der Waals surface area contributed by atoms with Gasteiger partial charge in [-0.25, -0.2) is 0 Å². The molecule has 0 aromatic carbocycles. The van der Waals surface area contributed by atoms with Crippen LogP contribution < -0.4 is 5.32 Å². The van der Waals surface area contributed by atoms with Crippen molar-refractivity contribution in [3.05, 3.63) is 0 Å². The molecule has 0 atom stereocenters. The normalized spacial score (nSPS) is 18.2. The van der Waals surface area contributed by atoms with E-state index in [1.807, 2.05) is 0 Å². The van der Waals surface area contributed by atoms with Crippen molar-refractivity contribution >= 4 is 0 Å². The van der Waals surface area contributed by atoms with Gasteiger partial charge in [-0.15, -0.1) is 0 Å². The van der Waals surface area contributed by atoms with Crippen LogP contribution in [0.25, 0.3) is 0 Å². The van der Waals surface area contributed by atoms with Crippen LogP contribution in [0.1, 0.15) is 25.7 Å². The molecular weight excluding hydrogens is 176 g/mol. The fourth-order valence-electron chi connectivity index (χ4n) is 1.81. The monoisotopic (exact) mass is 200 g/mol. The Morgan fingerprint density at radius 3 is 2.57 bits per heavy atom. The molecule has 0 aromatic rings. The summed E-state index contributed by atoms with van der Waals surface area (Å²) in [5, 5.41) is 3.53. The first-order chi connectivity index (χ1) is 6.79. The van der Waals surface area contributed by atoms with Gasteiger partial charge >= 0.3 is 0 Å². The van der Waals surface area contributed by atoms with Gasteiger partial charge in [-0.05, 0) is 26.9 Å². The molecule has 0 aliphatic heterocycles. The highest BCUT2D eigenvalue weighted by Gasteiger charge is 2.12. The molecule has 1 N–H and O–H groups in total. The number of ether oxygens (including phenoxy) is 1. The minimum atomic E-state index is 0.771. The molecule has 1 rings (SSSR count). The molecular formula is C11H24N2O. The second kappa shape index (κ2) is 7.21. The Hall–Kier alpha value is -0.120. The van der Waals surface area contributed by atoms with E-state index in [9.17, 15) is 0 Å². The van der Waals surface area contributed by atoms with E-state index >= 15 is 0 Å². The van der Waals surface area contributed by atoms with E-state index in [1.54, 1.807) is 0 Å². The van der Waals surface area contributed by atoms with Crippen molar-refractivity contribution in [3.8, 4) is 0 Å². The lowest BCUT2D eigenvalue weighted by Gasteiger charge is -2.13. The topological polar surface area (TPSA) is 24.5 Å². The molecule has 0 unspecified atom stereocenters. The van der Waals surface area contributed by atoms with Crippen LogP contribution in [0, 0.1) is 0 Å². The zero-order valence-electron chi connectivity index (χ0n) is 9.59. The Labute approximate surface area is 87.8 Å². The maximum absolute atomic E-state index is 5.50. The molecule has 1 fully saturated rings. The SMILES string of the molecule is CN(C)CCOCCNC1CCCC1. The lowest BCUT2D eigenvalue weighted by Crippen LogP contribution is -2.30. The molecule has 0 saturated heterocycles. The van der Waals surface area contributed by atoms with E-state index in [2.05, 4.69) is 24.3 Å². The van der Waals surface area contributed by atoms with Crippen LogP contribution in [-0.4, -0.2) is 51.3 Å². The van der Waals surface area contributed by atoms with Crippen LogP contribution in [0.15, 0.2) is 0 Å². The Bertz CT molecular complexity index is 133. The van der Waals surface area contributed by atoms with Crippen molar-refractivity contribution in [2.24, 2.45) is 0 Å². The molecule has 0 bridgehead atoms. The maximum Gasteiger partial charge on any atom is 0.0593 e. The summed E-state index contributed by atoms with van der Waals surface area (Å²) in [6.07, 6.45) is 5.52. The summed E-state index contributed by atoms with van der Waals surface area (Å²) in [7, 11) is 4.14. The summed E-state index contributed by atoms with van der Waals surface area (Å²) in [5.41, 5.74) is 0. The zero-order valence-corrected chi connectivity index (χ0v) is 9.59. The lowest BCUT2D eigenvalue weighted by atomic mass is 10.2. The molecule has 1 aliphatic carbocycles. The first kappa shape index (κ1) is 12.0. The van der Waals surface area contributed by atoms with Crippen molar-refractivity contribution in [1.82, 2.24) is 10.2 Å². The molecule has 3 nitrogen and oxygen atoms in total. The van der Waals surface area contributed by atoms with Gasteiger partial charge in [0.05, 0.1) is 13.2 Å². The van der Waals surface area contributed by atoms with Crippen LogP contribution in [0.5, 0.6) is 0 Å². The van der Waals surface area contributed by atoms with Gasteiger partial charge in [-0.3, -0.25) is 0 Å². The molecule has 0 heterocycles. The van der Waals surface area contributed by atoms with Crippen LogP contribution in [-0.2, 0) is 4.74 Å². The van der Waals surface area contributed by atoms with Gasteiger partial charge in [-0.1, -0.05) is 12.8 Å². The molecule has 0 radical (unpaired) electrons. The Morgan fingerprint density at radius 2 is 1.93 bits per heavy atom. The molecule has 14 heavy (non-hydrogen) atoms. The van der Waals surface area contributed by atoms with Gasteiger partial charge in [-0.2, -0.15) is 0 Å². The Morgan fingerprint density at radius 1 is 1.21 bits per heavy atom. The van der Waals surface area contributed by atoms with Gasteiger partial charge < -0.3 is 15.0 Å². The van der Waals surface area contributed by atoms with Crippen molar-refractivity contribution < 1.29 is 4.74 Å². The first-order valence-corrected chi connectivity index (χ1v) is 5.75. The second-order valence-electron chi connectivity index (χ2n) is 4.35. The minimum absolute atomic E-state index is 0.771. The highest BCUT2D eigenvalue weighted by Crippen LogP contribution is 2.17. The summed E-state index contributed by atoms with van der Waals surface area (Å²) in [6.45, 7) is 3.73. The van der Waals surface area contributed by atoms with Crippen LogP contribution in [0.2, 0.25) is 0 Å². The quantitative estimate of drug-likeness (QED) is 0.623. The van der Waals surface area contributed by atoms with E-state index in [-0.39, 0.29) is 0 Å². The first-order valence-electron chi connectivity index (χ1n) is 5.75. The summed E-state index contributed by atoms with van der Waals surface area (Å²) >= 11 is 0. The highest BCUT2D eigenvalue weighted by molar-refractivity contribution is 4.72. The molecule has 0 spiro atoms. The Kier molecular flexibility index (Phi) is 6.15. The molecule has 1 aliphatic rings. The molecule has 84 valence electrons. The summed E-state index contributed by atoms with van der Waals surface area (Å²) in [4.78, 5) is 2.14. The number of rotatable bonds is 7. The lowest BCUT2D eigenvalue weighted by molar-refractivity contribution is 0.117. The second-order valence-corrected chi connectivity index (χ2v) is 4.35. The number of likely N-dealkylation sites (N-methyl/N-ethyl adjacent to an activating group) is 1. The zero-order chi connectivity index (χ0) is 10.2. The van der Waals surface area contributed by atoms with Gasteiger partial charge in [0.1, 0.15) is 0 Å². The van der Waals surface area contributed by atoms with Crippen LogP contribution in [0.4, 0.5) is 0 Å². The van der Waals surface area contributed by atoms with E-state index < -0.39 is 0 Å². The average Bonchev–Trinajstić information content (AvgIpc) is 2.63. The number of nitrogens with zero attached hydrogens (tertiary/aromatic N) is 1. The molecule has 3 heteroatoms. The third-order valence-corrected chi connectivity index (χ3v) is 2.72. The highest BCUT2D eigenvalue weighted by atomic mass is 16.5. The van der Waals surface area contributed by atoms with Crippen LogP contribution >= 0.6 is 0 Å². The smallest absolute Gasteiger partial charge is 0.0593 e. The van der Waals surface area contributed by atoms with Crippen molar-refractivity contribution in [3.63, 3.8) is 0 Å². The molecule has 0 amide bonds. The van der Waals surface area contributed by atoms with Gasteiger partial charge in [0.2, 0.25) is 0 Å².